The van der Waals surface area contributed by atoms with Gasteiger partial charge in [-0.05, 0) is 6.42 Å². The lowest BCUT2D eigenvalue weighted by Crippen LogP contribution is -1.71. The maximum atomic E-state index is 4.64. The van der Waals surface area contributed by atoms with Crippen molar-refractivity contribution in [1.29, 1.82) is 0 Å². The van der Waals surface area contributed by atoms with Crippen LogP contribution < -0.4 is 0 Å². The van der Waals surface area contributed by atoms with E-state index >= 15 is 0 Å². The fourth-order valence-corrected chi connectivity index (χ4v) is 0.295. The third-order valence-corrected chi connectivity index (χ3v) is 0.531. The van der Waals surface area contributed by atoms with Crippen molar-refractivity contribution in [1.82, 2.24) is 0 Å². The molecule has 28 valence electrons. The van der Waals surface area contributed by atoms with E-state index in [1.807, 2.05) is 6.08 Å². The van der Waals surface area contributed by atoms with Crippen molar-refractivity contribution in [3.8, 4) is 0 Å². The summed E-state index contributed by atoms with van der Waals surface area (Å²) in [5.74, 6) is 0. The zero-order valence-electron chi connectivity index (χ0n) is 2.90. The average molecular weight is 69.1 g/mol. The summed E-state index contributed by atoms with van der Waals surface area (Å²) in [6.07, 6.45) is 5.53. The Balaban J connectivity index is 2.32. The Bertz CT molecular complexity index is 41.6. The first-order valence-corrected chi connectivity index (χ1v) is 1.69. The number of hydrogen-bond donors (Lipinski definition) is 0. The molecule has 0 atom stereocenters. The van der Waals surface area contributed by atoms with E-state index in [0.717, 1.165) is 13.0 Å². The fraction of sp³-hybridized carbons (Fsp3) is 0.500. The Labute approximate surface area is 31.3 Å². The van der Waals surface area contributed by atoms with E-state index in [9.17, 15) is 0 Å². The van der Waals surface area contributed by atoms with Crippen molar-refractivity contribution < 1.29 is 4.74 Å². The van der Waals surface area contributed by atoms with Crippen LogP contribution in [0.15, 0.2) is 6.08 Å². The molecule has 1 heteroatoms. The van der Waals surface area contributed by atoms with Crippen LogP contribution in [-0.2, 0) is 4.74 Å². The van der Waals surface area contributed by atoms with Crippen molar-refractivity contribution in [3.05, 3.63) is 12.3 Å². The molecule has 0 aromatic rings. The molecule has 0 saturated heterocycles. The van der Waals surface area contributed by atoms with Gasteiger partial charge in [-0.3, -0.25) is 0 Å². The summed E-state index contributed by atoms with van der Waals surface area (Å²) in [5.41, 5.74) is 0. The highest BCUT2D eigenvalue weighted by atomic mass is 16.5. The minimum Gasteiger partial charge on any atom is -0.693 e. The first kappa shape index (κ1) is 2.76. The predicted octanol–water partition coefficient (Wildman–Crippen LogP) is 0.724. The molecule has 0 aliphatic carbocycles. The number of ether oxygens (including phenoxy) is 1. The van der Waals surface area contributed by atoms with Crippen LogP contribution in [0, 0.1) is 6.26 Å². The van der Waals surface area contributed by atoms with Crippen molar-refractivity contribution in [3.63, 3.8) is 0 Å². The molecule has 0 saturated carbocycles. The van der Waals surface area contributed by atoms with E-state index in [4.69, 9.17) is 0 Å². The summed E-state index contributed by atoms with van der Waals surface area (Å²) >= 11 is 0. The Morgan fingerprint density at radius 1 is 1.80 bits per heavy atom. The van der Waals surface area contributed by atoms with Gasteiger partial charge in [0, 0.05) is 6.61 Å². The fourth-order valence-electron chi connectivity index (χ4n) is 0.295. The SMILES string of the molecule is [C-]1=CCCO1. The van der Waals surface area contributed by atoms with E-state index in [2.05, 4.69) is 11.0 Å². The highest BCUT2D eigenvalue weighted by molar-refractivity contribution is 4.71. The highest BCUT2D eigenvalue weighted by Gasteiger charge is 1.71. The van der Waals surface area contributed by atoms with Crippen LogP contribution in [0.4, 0.5) is 0 Å². The number of hydrogen-bond acceptors (Lipinski definition) is 1. The van der Waals surface area contributed by atoms with Crippen LogP contribution in [0.2, 0.25) is 0 Å². The topological polar surface area (TPSA) is 9.23 Å². The van der Waals surface area contributed by atoms with Crippen molar-refractivity contribution >= 4 is 0 Å². The zero-order valence-corrected chi connectivity index (χ0v) is 2.90. The van der Waals surface area contributed by atoms with Crippen LogP contribution in [0.5, 0.6) is 0 Å². The lowest BCUT2D eigenvalue weighted by atomic mass is 10.5. The third kappa shape index (κ3) is 0.407. The van der Waals surface area contributed by atoms with E-state index < -0.39 is 0 Å². The molecule has 0 fully saturated rings. The Morgan fingerprint density at radius 3 is 3.00 bits per heavy atom. The molecule has 1 rings (SSSR count). The van der Waals surface area contributed by atoms with Gasteiger partial charge in [0.25, 0.3) is 0 Å². The van der Waals surface area contributed by atoms with Gasteiger partial charge < -0.3 is 11.0 Å². The van der Waals surface area contributed by atoms with Gasteiger partial charge in [-0.1, -0.05) is 0 Å². The predicted molar refractivity (Wildman–Crippen MR) is 18.4 cm³/mol. The lowest BCUT2D eigenvalue weighted by Gasteiger charge is -1.97. The van der Waals surface area contributed by atoms with Crippen LogP contribution in [0.3, 0.4) is 0 Å². The molecule has 1 aliphatic rings. The van der Waals surface area contributed by atoms with Gasteiger partial charge in [0.15, 0.2) is 0 Å². The van der Waals surface area contributed by atoms with Gasteiger partial charge in [0.2, 0.25) is 0 Å². The van der Waals surface area contributed by atoms with Gasteiger partial charge in [-0.25, -0.2) is 6.08 Å². The lowest BCUT2D eigenvalue weighted by molar-refractivity contribution is 0.261. The normalized spacial score (nSPS) is 19.2. The molecule has 5 heavy (non-hydrogen) atoms. The number of rotatable bonds is 0. The Morgan fingerprint density at radius 2 is 2.80 bits per heavy atom. The molecule has 0 bridgehead atoms. The van der Waals surface area contributed by atoms with Crippen molar-refractivity contribution in [2.24, 2.45) is 0 Å². The summed E-state index contributed by atoms with van der Waals surface area (Å²) in [4.78, 5) is 0. The summed E-state index contributed by atoms with van der Waals surface area (Å²) < 4.78 is 4.64. The van der Waals surface area contributed by atoms with E-state index in [1.54, 1.807) is 0 Å². The molecule has 0 aromatic carbocycles. The maximum absolute atomic E-state index is 4.64. The van der Waals surface area contributed by atoms with E-state index in [-0.39, 0.29) is 0 Å². The van der Waals surface area contributed by atoms with Crippen LogP contribution in [-0.4, -0.2) is 6.61 Å². The summed E-state index contributed by atoms with van der Waals surface area (Å²) in [5, 5.41) is 0. The van der Waals surface area contributed by atoms with Gasteiger partial charge >= 0.3 is 0 Å². The van der Waals surface area contributed by atoms with Gasteiger partial charge in [0.1, 0.15) is 0 Å². The maximum Gasteiger partial charge on any atom is 0.0463 e. The largest absolute Gasteiger partial charge is 0.693 e. The monoisotopic (exact) mass is 69.0 g/mol. The first-order valence-electron chi connectivity index (χ1n) is 1.69. The molecule has 1 aliphatic heterocycles. The molecule has 0 amide bonds. The average Bonchev–Trinajstić information content (AvgIpc) is 1.76. The van der Waals surface area contributed by atoms with Gasteiger partial charge in [0.05, 0.1) is 0 Å². The quantitative estimate of drug-likeness (QED) is 0.381. The minimum atomic E-state index is 0.833. The Hall–Kier alpha value is -0.460. The van der Waals surface area contributed by atoms with Crippen LogP contribution in [0.1, 0.15) is 6.42 Å². The van der Waals surface area contributed by atoms with Gasteiger partial charge in [-0.15, -0.1) is 0 Å². The summed E-state index contributed by atoms with van der Waals surface area (Å²) in [6.45, 7) is 0.833. The molecule has 0 aromatic heterocycles. The molecule has 0 spiro atoms. The second-order valence-corrected chi connectivity index (χ2v) is 0.959. The zero-order chi connectivity index (χ0) is 3.54. The second-order valence-electron chi connectivity index (χ2n) is 0.959. The molecule has 1 heterocycles. The first-order chi connectivity index (χ1) is 2.50. The molecule has 1 nitrogen and oxygen atoms in total. The van der Waals surface area contributed by atoms with Crippen LogP contribution in [0.25, 0.3) is 0 Å². The van der Waals surface area contributed by atoms with E-state index in [0.29, 0.717) is 0 Å². The van der Waals surface area contributed by atoms with Crippen LogP contribution >= 0.6 is 0 Å². The Kier molecular flexibility index (Phi) is 0.612. The van der Waals surface area contributed by atoms with Crippen molar-refractivity contribution in [2.75, 3.05) is 6.61 Å². The molecule has 0 unspecified atom stereocenters. The minimum absolute atomic E-state index is 0.833. The summed E-state index contributed by atoms with van der Waals surface area (Å²) in [7, 11) is 0. The molecule has 0 radical (unpaired) electrons. The van der Waals surface area contributed by atoms with Gasteiger partial charge in [-0.2, -0.15) is 0 Å². The second kappa shape index (κ2) is 1.11. The smallest absolute Gasteiger partial charge is 0.0463 e. The molecular weight excluding hydrogens is 64.0 g/mol. The highest BCUT2D eigenvalue weighted by Crippen LogP contribution is 1.91. The molecule has 0 N–H and O–H groups in total. The van der Waals surface area contributed by atoms with E-state index in [1.165, 1.54) is 0 Å². The molecular formula is C4H5O-. The summed E-state index contributed by atoms with van der Waals surface area (Å²) in [6, 6.07) is 0. The third-order valence-electron chi connectivity index (χ3n) is 0.531. The standard InChI is InChI=1S/C4H5O/c1-2-4-5-3-1/h1H,2,4H2/q-1. The van der Waals surface area contributed by atoms with Crippen molar-refractivity contribution in [2.45, 2.75) is 6.42 Å².